The molecule has 1 amide bonds. The van der Waals surface area contributed by atoms with Gasteiger partial charge in [-0.2, -0.15) is 0 Å². The van der Waals surface area contributed by atoms with Crippen LogP contribution in [-0.4, -0.2) is 21.0 Å². The van der Waals surface area contributed by atoms with E-state index in [9.17, 15) is 4.79 Å². The quantitative estimate of drug-likeness (QED) is 0.791. The average molecular weight is 280 g/mol. The summed E-state index contributed by atoms with van der Waals surface area (Å²) in [7, 11) is 0. The fourth-order valence-corrected chi connectivity index (χ4v) is 1.82. The minimum atomic E-state index is -0.302. The van der Waals surface area contributed by atoms with Crippen molar-refractivity contribution >= 4 is 5.91 Å². The second-order valence-electron chi connectivity index (χ2n) is 4.35. The maximum atomic E-state index is 11.7. The third kappa shape index (κ3) is 3.11. The maximum Gasteiger partial charge on any atom is 0.290 e. The van der Waals surface area contributed by atoms with E-state index in [1.165, 1.54) is 12.3 Å². The smallest absolute Gasteiger partial charge is 0.290 e. The molecule has 0 spiro atoms. The van der Waals surface area contributed by atoms with Gasteiger partial charge in [-0.15, -0.1) is 0 Å². The molecule has 3 rings (SSSR count). The van der Waals surface area contributed by atoms with Gasteiger partial charge in [0.15, 0.2) is 0 Å². The normalized spacial score (nSPS) is 10.3. The molecule has 0 unspecified atom stereocenters. The molecule has 0 radical (unpaired) electrons. The Balaban J connectivity index is 1.64. The van der Waals surface area contributed by atoms with Gasteiger partial charge in [-0.25, -0.2) is 0 Å². The molecule has 1 N–H and O–H groups in total. The fraction of sp³-hybridized carbons (Fsp3) is 0.0667. The van der Waals surface area contributed by atoms with Crippen LogP contribution in [0.5, 0.6) is 0 Å². The summed E-state index contributed by atoms with van der Waals surface area (Å²) in [5, 5.41) is 6.22. The first-order valence-corrected chi connectivity index (χ1v) is 6.37. The van der Waals surface area contributed by atoms with Crippen LogP contribution in [0.25, 0.3) is 11.3 Å². The lowest BCUT2D eigenvalue weighted by Crippen LogP contribution is -2.22. The van der Waals surface area contributed by atoms with E-state index >= 15 is 0 Å². The number of aromatic nitrogens is 3. The Morgan fingerprint density at radius 3 is 2.76 bits per heavy atom. The summed E-state index contributed by atoms with van der Waals surface area (Å²) in [4.78, 5) is 20.1. The van der Waals surface area contributed by atoms with Crippen molar-refractivity contribution in [2.24, 2.45) is 0 Å². The molecule has 0 aliphatic rings. The fourth-order valence-electron chi connectivity index (χ4n) is 1.82. The molecule has 3 aromatic rings. The summed E-state index contributed by atoms with van der Waals surface area (Å²) in [6.45, 7) is 0.375. The van der Waals surface area contributed by atoms with E-state index in [0.717, 1.165) is 16.8 Å². The summed E-state index contributed by atoms with van der Waals surface area (Å²) in [6.07, 6.45) is 6.63. The first kappa shape index (κ1) is 13.0. The van der Waals surface area contributed by atoms with Gasteiger partial charge in [0.05, 0.1) is 11.9 Å². The Hall–Kier alpha value is -3.02. The molecule has 6 heteroatoms. The lowest BCUT2D eigenvalue weighted by atomic mass is 10.1. The highest BCUT2D eigenvalue weighted by Crippen LogP contribution is 2.15. The summed E-state index contributed by atoms with van der Waals surface area (Å²) < 4.78 is 4.78. The summed E-state index contributed by atoms with van der Waals surface area (Å²) in [5.74, 6) is -0.112. The van der Waals surface area contributed by atoms with Gasteiger partial charge in [-0.1, -0.05) is 11.2 Å². The second kappa shape index (κ2) is 5.96. The standard InChI is InChI=1S/C15H12N4O2/c20-15(14-5-7-19-21-14)18-9-11-3-4-13(17-8-11)12-2-1-6-16-10-12/h1-8,10H,9H2,(H,18,20). The van der Waals surface area contributed by atoms with Gasteiger partial charge in [-0.3, -0.25) is 14.8 Å². The Morgan fingerprint density at radius 2 is 2.10 bits per heavy atom. The summed E-state index contributed by atoms with van der Waals surface area (Å²) >= 11 is 0. The maximum absolute atomic E-state index is 11.7. The Labute approximate surface area is 120 Å². The van der Waals surface area contributed by atoms with E-state index in [1.54, 1.807) is 18.6 Å². The van der Waals surface area contributed by atoms with E-state index < -0.39 is 0 Å². The number of carbonyl (C=O) groups excluding carboxylic acids is 1. The third-order valence-electron chi connectivity index (χ3n) is 2.90. The molecule has 3 heterocycles. The highest BCUT2D eigenvalue weighted by molar-refractivity contribution is 5.91. The van der Waals surface area contributed by atoms with Gasteiger partial charge in [0, 0.05) is 36.8 Å². The number of rotatable bonds is 4. The van der Waals surface area contributed by atoms with Crippen molar-refractivity contribution in [2.45, 2.75) is 6.54 Å². The van der Waals surface area contributed by atoms with Crippen molar-refractivity contribution in [1.82, 2.24) is 20.4 Å². The first-order chi connectivity index (χ1) is 10.3. The molecule has 0 aliphatic heterocycles. The van der Waals surface area contributed by atoms with Gasteiger partial charge < -0.3 is 9.84 Å². The third-order valence-corrected chi connectivity index (χ3v) is 2.90. The van der Waals surface area contributed by atoms with Gasteiger partial charge in [0.25, 0.3) is 5.91 Å². The molecule has 0 saturated heterocycles. The number of hydrogen-bond donors (Lipinski definition) is 1. The van der Waals surface area contributed by atoms with Crippen LogP contribution in [0.1, 0.15) is 16.1 Å². The summed E-state index contributed by atoms with van der Waals surface area (Å²) in [5.41, 5.74) is 2.69. The van der Waals surface area contributed by atoms with E-state index in [1.807, 2.05) is 24.3 Å². The number of amides is 1. The summed E-state index contributed by atoms with van der Waals surface area (Å²) in [6, 6.07) is 9.13. The molecule has 0 bridgehead atoms. The van der Waals surface area contributed by atoms with E-state index in [0.29, 0.717) is 6.54 Å². The van der Waals surface area contributed by atoms with Crippen LogP contribution in [0, 0.1) is 0 Å². The molecule has 6 nitrogen and oxygen atoms in total. The van der Waals surface area contributed by atoms with E-state index in [-0.39, 0.29) is 11.7 Å². The largest absolute Gasteiger partial charge is 0.351 e. The van der Waals surface area contributed by atoms with Crippen molar-refractivity contribution < 1.29 is 9.32 Å². The Bertz CT molecular complexity index is 709. The van der Waals surface area contributed by atoms with Crippen molar-refractivity contribution in [3.8, 4) is 11.3 Å². The Kier molecular flexibility index (Phi) is 3.68. The second-order valence-corrected chi connectivity index (χ2v) is 4.35. The lowest BCUT2D eigenvalue weighted by molar-refractivity contribution is 0.0914. The van der Waals surface area contributed by atoms with Gasteiger partial charge in [0.1, 0.15) is 0 Å². The van der Waals surface area contributed by atoms with Gasteiger partial charge >= 0.3 is 0 Å². The van der Waals surface area contributed by atoms with Crippen molar-refractivity contribution in [3.05, 3.63) is 66.4 Å². The van der Waals surface area contributed by atoms with Crippen LogP contribution in [0.15, 0.2) is 59.6 Å². The average Bonchev–Trinajstić information content (AvgIpc) is 3.08. The molecule has 0 aliphatic carbocycles. The zero-order valence-electron chi connectivity index (χ0n) is 11.1. The monoisotopic (exact) mass is 280 g/mol. The van der Waals surface area contributed by atoms with Crippen molar-refractivity contribution in [2.75, 3.05) is 0 Å². The van der Waals surface area contributed by atoms with Crippen LogP contribution in [0.4, 0.5) is 0 Å². The van der Waals surface area contributed by atoms with Crippen molar-refractivity contribution in [3.63, 3.8) is 0 Å². The van der Waals surface area contributed by atoms with Crippen molar-refractivity contribution in [1.29, 1.82) is 0 Å². The van der Waals surface area contributed by atoms with Crippen LogP contribution in [-0.2, 0) is 6.54 Å². The van der Waals surface area contributed by atoms with Crippen LogP contribution in [0.2, 0.25) is 0 Å². The molecule has 104 valence electrons. The predicted molar refractivity (Wildman–Crippen MR) is 75.1 cm³/mol. The first-order valence-electron chi connectivity index (χ1n) is 6.37. The van der Waals surface area contributed by atoms with Gasteiger partial charge in [-0.05, 0) is 23.8 Å². The predicted octanol–water partition coefficient (Wildman–Crippen LogP) is 2.06. The minimum Gasteiger partial charge on any atom is -0.351 e. The molecule has 0 aromatic carbocycles. The molecular formula is C15H12N4O2. The molecule has 0 atom stereocenters. The Morgan fingerprint density at radius 1 is 1.14 bits per heavy atom. The number of pyridine rings is 2. The molecule has 0 fully saturated rings. The van der Waals surface area contributed by atoms with Crippen LogP contribution in [0.3, 0.4) is 0 Å². The van der Waals surface area contributed by atoms with E-state index in [4.69, 9.17) is 4.52 Å². The highest BCUT2D eigenvalue weighted by Gasteiger charge is 2.09. The number of nitrogens with one attached hydrogen (secondary N) is 1. The zero-order valence-corrected chi connectivity index (χ0v) is 11.1. The number of hydrogen-bond acceptors (Lipinski definition) is 5. The topological polar surface area (TPSA) is 80.9 Å². The number of nitrogens with zero attached hydrogens (tertiary/aromatic N) is 3. The minimum absolute atomic E-state index is 0.190. The molecular weight excluding hydrogens is 268 g/mol. The lowest BCUT2D eigenvalue weighted by Gasteiger charge is -2.04. The molecule has 21 heavy (non-hydrogen) atoms. The highest BCUT2D eigenvalue weighted by atomic mass is 16.5. The van der Waals surface area contributed by atoms with E-state index in [2.05, 4.69) is 20.4 Å². The molecule has 0 saturated carbocycles. The van der Waals surface area contributed by atoms with Crippen LogP contribution < -0.4 is 5.32 Å². The van der Waals surface area contributed by atoms with Gasteiger partial charge in [0.2, 0.25) is 5.76 Å². The van der Waals surface area contributed by atoms with Crippen LogP contribution >= 0.6 is 0 Å². The zero-order chi connectivity index (χ0) is 14.5. The molecule has 3 aromatic heterocycles. The SMILES string of the molecule is O=C(NCc1ccc(-c2cccnc2)nc1)c1ccno1. The number of carbonyl (C=O) groups is 1.